The van der Waals surface area contributed by atoms with Gasteiger partial charge >= 0.3 is 0 Å². The third-order valence-electron chi connectivity index (χ3n) is 4.04. The first-order valence-electron chi connectivity index (χ1n) is 8.38. The average Bonchev–Trinajstić information content (AvgIpc) is 2.65. The van der Waals surface area contributed by atoms with Gasteiger partial charge in [0.25, 0.3) is 5.91 Å². The highest BCUT2D eigenvalue weighted by Crippen LogP contribution is 2.27. The number of aromatic nitrogens is 1. The number of halogens is 2. The van der Waals surface area contributed by atoms with Crippen molar-refractivity contribution in [1.82, 2.24) is 15.2 Å². The van der Waals surface area contributed by atoms with E-state index in [1.165, 1.54) is 6.20 Å². The van der Waals surface area contributed by atoms with Crippen molar-refractivity contribution >= 4 is 40.6 Å². The second-order valence-corrected chi connectivity index (χ2v) is 6.73. The fourth-order valence-corrected chi connectivity index (χ4v) is 3.04. The van der Waals surface area contributed by atoms with E-state index in [0.29, 0.717) is 33.7 Å². The predicted octanol–water partition coefficient (Wildman–Crippen LogP) is 3.19. The van der Waals surface area contributed by atoms with Gasteiger partial charge in [0.1, 0.15) is 5.82 Å². The maximum absolute atomic E-state index is 12.2. The monoisotopic (exact) mass is 394 g/mol. The predicted molar refractivity (Wildman–Crippen MR) is 104 cm³/mol. The molecule has 1 fully saturated rings. The summed E-state index contributed by atoms with van der Waals surface area (Å²) in [5, 5.41) is 7.08. The second-order valence-electron chi connectivity index (χ2n) is 5.89. The van der Waals surface area contributed by atoms with Crippen molar-refractivity contribution in [2.45, 2.75) is 0 Å². The lowest BCUT2D eigenvalue weighted by Crippen LogP contribution is -2.41. The molecule has 1 aliphatic heterocycles. The first kappa shape index (κ1) is 18.9. The van der Waals surface area contributed by atoms with E-state index in [0.717, 1.165) is 32.8 Å². The molecule has 0 unspecified atom stereocenters. The highest BCUT2D eigenvalue weighted by molar-refractivity contribution is 6.36. The van der Waals surface area contributed by atoms with Crippen LogP contribution in [0.2, 0.25) is 10.0 Å². The molecule has 2 heterocycles. The van der Waals surface area contributed by atoms with E-state index < -0.39 is 0 Å². The Balaban J connectivity index is 1.50. The van der Waals surface area contributed by atoms with Gasteiger partial charge in [-0.15, -0.1) is 0 Å². The maximum atomic E-state index is 12.2. The molecule has 0 aliphatic carbocycles. The Bertz CT molecular complexity index is 749. The fourth-order valence-electron chi connectivity index (χ4n) is 2.59. The Hall–Kier alpha value is -1.86. The summed E-state index contributed by atoms with van der Waals surface area (Å²) in [6.07, 6.45) is 1.54. The molecule has 1 amide bonds. The molecule has 8 heteroatoms. The first-order valence-corrected chi connectivity index (χ1v) is 9.14. The highest BCUT2D eigenvalue weighted by atomic mass is 35.5. The number of hydrogen-bond donors (Lipinski definition) is 2. The summed E-state index contributed by atoms with van der Waals surface area (Å²) in [5.41, 5.74) is 1.21. The molecule has 26 heavy (non-hydrogen) atoms. The van der Waals surface area contributed by atoms with Crippen LogP contribution in [0, 0.1) is 0 Å². The molecule has 1 saturated heterocycles. The van der Waals surface area contributed by atoms with E-state index >= 15 is 0 Å². The number of carbonyl (C=O) groups excluding carboxylic acids is 1. The molecule has 0 saturated carbocycles. The Morgan fingerprint density at radius 1 is 1.19 bits per heavy atom. The largest absolute Gasteiger partial charge is 0.379 e. The van der Waals surface area contributed by atoms with E-state index in [-0.39, 0.29) is 5.91 Å². The minimum absolute atomic E-state index is 0.137. The van der Waals surface area contributed by atoms with Gasteiger partial charge in [-0.2, -0.15) is 0 Å². The molecule has 0 radical (unpaired) electrons. The number of nitrogens with one attached hydrogen (secondary N) is 2. The van der Waals surface area contributed by atoms with E-state index in [2.05, 4.69) is 20.5 Å². The molecule has 0 atom stereocenters. The molecule has 3 rings (SSSR count). The van der Waals surface area contributed by atoms with Crippen LogP contribution in [0.5, 0.6) is 0 Å². The summed E-state index contributed by atoms with van der Waals surface area (Å²) in [6, 6.07) is 8.64. The number of pyridine rings is 1. The van der Waals surface area contributed by atoms with Crippen molar-refractivity contribution in [2.75, 3.05) is 44.7 Å². The Morgan fingerprint density at radius 2 is 2.00 bits per heavy atom. The standard InChI is InChI=1S/C18H20Cl2N4O2/c19-14-2-3-16(15(20)11-14)23-17-4-1-13(12-22-17)18(25)21-5-6-24-7-9-26-10-8-24/h1-4,11-12H,5-10H2,(H,21,25)(H,22,23). The Morgan fingerprint density at radius 3 is 2.69 bits per heavy atom. The van der Waals surface area contributed by atoms with Crippen LogP contribution in [0.15, 0.2) is 36.5 Å². The van der Waals surface area contributed by atoms with Crippen LogP contribution in [-0.4, -0.2) is 55.2 Å². The van der Waals surface area contributed by atoms with Crippen molar-refractivity contribution < 1.29 is 9.53 Å². The quantitative estimate of drug-likeness (QED) is 0.787. The summed E-state index contributed by atoms with van der Waals surface area (Å²) >= 11 is 12.0. The third-order valence-corrected chi connectivity index (χ3v) is 4.58. The minimum Gasteiger partial charge on any atom is -0.379 e. The smallest absolute Gasteiger partial charge is 0.252 e. The lowest BCUT2D eigenvalue weighted by molar-refractivity contribution is 0.0383. The number of carbonyl (C=O) groups is 1. The van der Waals surface area contributed by atoms with Gasteiger partial charge in [0.15, 0.2) is 0 Å². The van der Waals surface area contributed by atoms with Gasteiger partial charge in [0.2, 0.25) is 0 Å². The molecule has 1 aliphatic rings. The fraction of sp³-hybridized carbons (Fsp3) is 0.333. The zero-order valence-corrected chi connectivity index (χ0v) is 15.7. The van der Waals surface area contributed by atoms with Crippen molar-refractivity contribution in [1.29, 1.82) is 0 Å². The number of rotatable bonds is 6. The highest BCUT2D eigenvalue weighted by Gasteiger charge is 2.11. The lowest BCUT2D eigenvalue weighted by Gasteiger charge is -2.26. The number of hydrogen-bond acceptors (Lipinski definition) is 5. The number of amides is 1. The van der Waals surface area contributed by atoms with Crippen molar-refractivity contribution in [3.8, 4) is 0 Å². The molecular formula is C18H20Cl2N4O2. The zero-order chi connectivity index (χ0) is 18.4. The first-order chi connectivity index (χ1) is 12.6. The molecule has 1 aromatic heterocycles. The van der Waals surface area contributed by atoms with Crippen LogP contribution in [0.3, 0.4) is 0 Å². The van der Waals surface area contributed by atoms with Crippen molar-refractivity contribution in [2.24, 2.45) is 0 Å². The third kappa shape index (κ3) is 5.32. The normalized spacial score (nSPS) is 14.8. The average molecular weight is 395 g/mol. The van der Waals surface area contributed by atoms with Gasteiger partial charge in [-0.05, 0) is 30.3 Å². The van der Waals surface area contributed by atoms with Crippen LogP contribution >= 0.6 is 23.2 Å². The van der Waals surface area contributed by atoms with Crippen molar-refractivity contribution in [3.05, 3.63) is 52.1 Å². The summed E-state index contributed by atoms with van der Waals surface area (Å²) in [5.74, 6) is 0.459. The second kappa shape index (κ2) is 9.19. The van der Waals surface area contributed by atoms with E-state index in [4.69, 9.17) is 27.9 Å². The number of benzene rings is 1. The maximum Gasteiger partial charge on any atom is 0.252 e. The molecule has 6 nitrogen and oxygen atoms in total. The van der Waals surface area contributed by atoms with Crippen LogP contribution in [0.25, 0.3) is 0 Å². The molecule has 0 spiro atoms. The Labute approximate surface area is 162 Å². The van der Waals surface area contributed by atoms with E-state index in [1.54, 1.807) is 30.3 Å². The molecule has 0 bridgehead atoms. The summed E-state index contributed by atoms with van der Waals surface area (Å²) in [4.78, 5) is 18.7. The molecule has 2 aromatic rings. The zero-order valence-electron chi connectivity index (χ0n) is 14.2. The van der Waals surface area contributed by atoms with Gasteiger partial charge < -0.3 is 15.4 Å². The SMILES string of the molecule is O=C(NCCN1CCOCC1)c1ccc(Nc2ccc(Cl)cc2Cl)nc1. The van der Waals surface area contributed by atoms with Gasteiger partial charge in [0.05, 0.1) is 29.5 Å². The summed E-state index contributed by atoms with van der Waals surface area (Å²) < 4.78 is 5.31. The minimum atomic E-state index is -0.137. The van der Waals surface area contributed by atoms with Crippen LogP contribution < -0.4 is 10.6 Å². The van der Waals surface area contributed by atoms with Crippen LogP contribution in [0.1, 0.15) is 10.4 Å². The topological polar surface area (TPSA) is 66.5 Å². The van der Waals surface area contributed by atoms with Crippen LogP contribution in [0.4, 0.5) is 11.5 Å². The number of morpholine rings is 1. The molecule has 2 N–H and O–H groups in total. The van der Waals surface area contributed by atoms with E-state index in [1.807, 2.05) is 0 Å². The summed E-state index contributed by atoms with van der Waals surface area (Å²) in [6.45, 7) is 4.74. The number of ether oxygens (including phenoxy) is 1. The van der Waals surface area contributed by atoms with Gasteiger partial charge in [-0.3, -0.25) is 9.69 Å². The Kier molecular flexibility index (Phi) is 6.68. The van der Waals surface area contributed by atoms with Crippen molar-refractivity contribution in [3.63, 3.8) is 0 Å². The molecule has 1 aromatic carbocycles. The lowest BCUT2D eigenvalue weighted by atomic mass is 10.2. The molecular weight excluding hydrogens is 375 g/mol. The van der Waals surface area contributed by atoms with Gasteiger partial charge in [0, 0.05) is 37.4 Å². The van der Waals surface area contributed by atoms with Gasteiger partial charge in [-0.25, -0.2) is 4.98 Å². The number of anilines is 2. The number of nitrogens with zero attached hydrogens (tertiary/aromatic N) is 2. The van der Waals surface area contributed by atoms with Gasteiger partial charge in [-0.1, -0.05) is 23.2 Å². The van der Waals surface area contributed by atoms with E-state index in [9.17, 15) is 4.79 Å². The van der Waals surface area contributed by atoms with Crippen LogP contribution in [-0.2, 0) is 4.74 Å². The summed E-state index contributed by atoms with van der Waals surface area (Å²) in [7, 11) is 0. The molecule has 138 valence electrons.